The summed E-state index contributed by atoms with van der Waals surface area (Å²) in [5.41, 5.74) is 0. The molecule has 2 atom stereocenters. The van der Waals surface area contributed by atoms with E-state index >= 15 is 0 Å². The summed E-state index contributed by atoms with van der Waals surface area (Å²) in [5, 5.41) is 11.7. The molecule has 8 heteroatoms. The molecule has 0 aliphatic rings. The molecule has 0 fully saturated rings. The molecule has 0 heterocycles. The van der Waals surface area contributed by atoms with Crippen LogP contribution in [0.3, 0.4) is 0 Å². The highest BCUT2D eigenvalue weighted by atomic mass is 16.6. The first-order chi connectivity index (χ1) is 30.6. The zero-order valence-corrected chi connectivity index (χ0v) is 42.3. The van der Waals surface area contributed by atoms with Gasteiger partial charge in [-0.15, -0.1) is 0 Å². The number of likely N-dealkylation sites (N-methyl/N-ethyl adjacent to an activating group) is 1. The second-order valence-corrected chi connectivity index (χ2v) is 19.5. The summed E-state index contributed by atoms with van der Waals surface area (Å²) >= 11 is 0. The zero-order chi connectivity index (χ0) is 46.3. The van der Waals surface area contributed by atoms with Crippen molar-refractivity contribution in [2.45, 2.75) is 270 Å². The van der Waals surface area contributed by atoms with Gasteiger partial charge in [-0.25, -0.2) is 0 Å². The minimum atomic E-state index is -1.12. The van der Waals surface area contributed by atoms with Crippen LogP contribution in [0.25, 0.3) is 0 Å². The van der Waals surface area contributed by atoms with Crippen molar-refractivity contribution in [1.82, 2.24) is 0 Å². The van der Waals surface area contributed by atoms with E-state index in [1.54, 1.807) is 0 Å². The third-order valence-corrected chi connectivity index (χ3v) is 12.3. The lowest BCUT2D eigenvalue weighted by Crippen LogP contribution is -2.55. The first kappa shape index (κ1) is 60.8. The number of hydrogen-bond acceptors (Lipinski definition) is 7. The van der Waals surface area contributed by atoms with Gasteiger partial charge >= 0.3 is 11.9 Å². The van der Waals surface area contributed by atoms with Crippen molar-refractivity contribution < 1.29 is 38.2 Å². The molecule has 0 aliphatic heterocycles. The number of allylic oxidation sites excluding steroid dienone is 4. The Balaban J connectivity index is 4.21. The predicted molar refractivity (Wildman–Crippen MR) is 264 cm³/mol. The van der Waals surface area contributed by atoms with E-state index in [1.165, 1.54) is 186 Å². The fourth-order valence-corrected chi connectivity index (χ4v) is 8.12. The smallest absolute Gasteiger partial charge is 0.306 e. The Kier molecular flexibility index (Phi) is 44.7. The molecule has 2 unspecified atom stereocenters. The number of carboxylic acids is 1. The van der Waals surface area contributed by atoms with Gasteiger partial charge in [-0.05, 0) is 64.2 Å². The topological polar surface area (TPSA) is 102 Å². The Labute approximate surface area is 390 Å². The van der Waals surface area contributed by atoms with Gasteiger partial charge in [0, 0.05) is 19.3 Å². The number of quaternary nitrogens is 1. The number of hydrogen-bond donors (Lipinski definition) is 0. The molecule has 0 aromatic heterocycles. The highest BCUT2D eigenvalue weighted by molar-refractivity contribution is 5.70. The summed E-state index contributed by atoms with van der Waals surface area (Å²) in [5.74, 6) is -1.73. The third kappa shape index (κ3) is 44.8. The van der Waals surface area contributed by atoms with Gasteiger partial charge < -0.3 is 28.6 Å². The van der Waals surface area contributed by atoms with Crippen molar-refractivity contribution in [3.05, 3.63) is 24.3 Å². The molecule has 0 saturated carbocycles. The monoisotopic (exact) mass is 890 g/mol. The second kappa shape index (κ2) is 46.3. The fraction of sp³-hybridized carbons (Fsp3) is 0.873. The molecule has 0 aromatic carbocycles. The molecule has 0 N–H and O–H groups in total. The van der Waals surface area contributed by atoms with Gasteiger partial charge in [0.15, 0.2) is 6.10 Å². The quantitative estimate of drug-likeness (QED) is 0.0259. The molecule has 0 radical (unpaired) electrons. The number of unbranched alkanes of at least 4 members (excludes halogenated alkanes) is 31. The first-order valence-electron chi connectivity index (χ1n) is 26.9. The van der Waals surface area contributed by atoms with Gasteiger partial charge in [-0.2, -0.15) is 0 Å². The van der Waals surface area contributed by atoms with Gasteiger partial charge in [0.25, 0.3) is 0 Å². The van der Waals surface area contributed by atoms with E-state index in [0.29, 0.717) is 12.8 Å². The van der Waals surface area contributed by atoms with Crippen molar-refractivity contribution in [3.63, 3.8) is 0 Å². The molecule has 0 aliphatic carbocycles. The molecule has 0 amide bonds. The lowest BCUT2D eigenvalue weighted by atomic mass is 10.1. The molecule has 0 bridgehead atoms. The van der Waals surface area contributed by atoms with Crippen molar-refractivity contribution in [3.8, 4) is 0 Å². The Morgan fingerprint density at radius 1 is 0.460 bits per heavy atom. The third-order valence-electron chi connectivity index (χ3n) is 12.3. The molecule has 63 heavy (non-hydrogen) atoms. The van der Waals surface area contributed by atoms with Gasteiger partial charge in [-0.3, -0.25) is 9.59 Å². The molecule has 0 saturated heterocycles. The van der Waals surface area contributed by atoms with Crippen LogP contribution in [0.4, 0.5) is 0 Å². The summed E-state index contributed by atoms with van der Waals surface area (Å²) in [4.78, 5) is 37.1. The van der Waals surface area contributed by atoms with Crippen LogP contribution in [0.15, 0.2) is 24.3 Å². The first-order valence-corrected chi connectivity index (χ1v) is 26.9. The second-order valence-electron chi connectivity index (χ2n) is 19.5. The highest BCUT2D eigenvalue weighted by Crippen LogP contribution is 2.16. The number of carboxylic acid groups (broad SMARTS) is 1. The number of nitrogens with zero attached hydrogens (tertiary/aromatic N) is 1. The average Bonchev–Trinajstić information content (AvgIpc) is 3.24. The zero-order valence-electron chi connectivity index (χ0n) is 42.3. The average molecular weight is 890 g/mol. The van der Waals surface area contributed by atoms with Crippen LogP contribution in [0, 0.1) is 0 Å². The minimum absolute atomic E-state index is 0.0411. The predicted octanol–water partition coefficient (Wildman–Crippen LogP) is 14.3. The summed E-state index contributed by atoms with van der Waals surface area (Å²) in [6.07, 6.45) is 53.5. The van der Waals surface area contributed by atoms with Crippen LogP contribution in [-0.4, -0.2) is 75.5 Å². The molecular weight excluding hydrogens is 787 g/mol. The van der Waals surface area contributed by atoms with E-state index in [1.807, 2.05) is 21.1 Å². The van der Waals surface area contributed by atoms with Crippen LogP contribution < -0.4 is 5.11 Å². The Hall–Kier alpha value is -2.19. The summed E-state index contributed by atoms with van der Waals surface area (Å²) in [6.45, 7) is 4.69. The van der Waals surface area contributed by atoms with Crippen LogP contribution in [0.5, 0.6) is 0 Å². The summed E-state index contributed by atoms with van der Waals surface area (Å²) in [6, 6.07) is -0.726. The molecule has 0 rings (SSSR count). The van der Waals surface area contributed by atoms with E-state index in [0.717, 1.165) is 38.5 Å². The van der Waals surface area contributed by atoms with E-state index < -0.39 is 18.1 Å². The van der Waals surface area contributed by atoms with Crippen molar-refractivity contribution in [2.75, 3.05) is 41.0 Å². The van der Waals surface area contributed by atoms with E-state index in [2.05, 4.69) is 38.2 Å². The largest absolute Gasteiger partial charge is 0.544 e. The maximum atomic E-state index is 12.8. The SMILES string of the molecule is CCCCCCCCCC/C=C/CCCCCCCCCC(=O)OC(COCCC(C(=O)[O-])[N+](C)(C)C)COC(=O)CCCCCCCCC/C=C/CCCCCCCCCCC. The standard InChI is InChI=1S/C55H103NO7/c1-6-8-10-12-14-16-18-20-22-24-26-28-29-31-33-35-37-39-41-43-45-53(57)62-50-51(49-61-48-47-52(55(59)60)56(3,4)5)63-54(58)46-44-42-40-38-36-34-32-30-27-25-23-21-19-17-15-13-11-9-7-2/h25-28,51-52H,6-24,29-50H2,1-5H3/b27-25+,28-26+. The summed E-state index contributed by atoms with van der Waals surface area (Å²) < 4.78 is 17.3. The van der Waals surface area contributed by atoms with Crippen molar-refractivity contribution in [1.29, 1.82) is 0 Å². The minimum Gasteiger partial charge on any atom is -0.544 e. The summed E-state index contributed by atoms with van der Waals surface area (Å²) in [7, 11) is 5.42. The maximum absolute atomic E-state index is 12.8. The Bertz CT molecular complexity index is 1080. The highest BCUT2D eigenvalue weighted by Gasteiger charge is 2.25. The number of esters is 2. The van der Waals surface area contributed by atoms with Crippen LogP contribution in [-0.2, 0) is 28.6 Å². The lowest BCUT2D eigenvalue weighted by Gasteiger charge is -2.34. The van der Waals surface area contributed by atoms with Crippen molar-refractivity contribution >= 4 is 17.9 Å². The lowest BCUT2D eigenvalue weighted by molar-refractivity contribution is -0.889. The number of rotatable bonds is 49. The Morgan fingerprint density at radius 3 is 1.14 bits per heavy atom. The van der Waals surface area contributed by atoms with Crippen LogP contribution in [0.2, 0.25) is 0 Å². The molecule has 8 nitrogen and oxygen atoms in total. The number of aliphatic carboxylic acids is 1. The number of carbonyl (C=O) groups excluding carboxylic acids is 3. The number of carbonyl (C=O) groups is 3. The number of ether oxygens (including phenoxy) is 3. The van der Waals surface area contributed by atoms with Crippen molar-refractivity contribution in [2.24, 2.45) is 0 Å². The van der Waals surface area contributed by atoms with Crippen LogP contribution >= 0.6 is 0 Å². The van der Waals surface area contributed by atoms with Gasteiger partial charge in [0.05, 0.1) is 40.3 Å². The molecule has 0 spiro atoms. The fourth-order valence-electron chi connectivity index (χ4n) is 8.12. The molecule has 370 valence electrons. The van der Waals surface area contributed by atoms with E-state index in [-0.39, 0.29) is 42.7 Å². The van der Waals surface area contributed by atoms with Gasteiger partial charge in [0.2, 0.25) is 0 Å². The molecule has 0 aromatic rings. The van der Waals surface area contributed by atoms with E-state index in [9.17, 15) is 19.5 Å². The maximum Gasteiger partial charge on any atom is 0.306 e. The van der Waals surface area contributed by atoms with E-state index in [4.69, 9.17) is 14.2 Å². The van der Waals surface area contributed by atoms with Crippen LogP contribution in [0.1, 0.15) is 258 Å². The van der Waals surface area contributed by atoms with Gasteiger partial charge in [0.1, 0.15) is 12.6 Å². The van der Waals surface area contributed by atoms with Gasteiger partial charge in [-0.1, -0.05) is 199 Å². The Morgan fingerprint density at radius 2 is 0.794 bits per heavy atom. The normalized spacial score (nSPS) is 13.0. The molecular formula is C55H103NO7.